The summed E-state index contributed by atoms with van der Waals surface area (Å²) in [6.45, 7) is 3.86. The molecule has 5 nitrogen and oxygen atoms in total. The summed E-state index contributed by atoms with van der Waals surface area (Å²) in [6, 6.07) is 8.46. The number of fused-ring (bicyclic) bond motifs is 1. The van der Waals surface area contributed by atoms with Gasteiger partial charge in [-0.1, -0.05) is 18.6 Å². The van der Waals surface area contributed by atoms with Gasteiger partial charge in [-0.2, -0.15) is 0 Å². The fourth-order valence-electron chi connectivity index (χ4n) is 3.21. The van der Waals surface area contributed by atoms with E-state index >= 15 is 0 Å². The largest absolute Gasteiger partial charge is 0.383 e. The maximum Gasteiger partial charge on any atom is 0.145 e. The number of nitrogens with two attached hydrogens (primary N) is 2. The average molecular weight is 285 g/mol. The van der Waals surface area contributed by atoms with Crippen molar-refractivity contribution in [2.24, 2.45) is 5.73 Å². The molecule has 21 heavy (non-hydrogen) atoms. The minimum Gasteiger partial charge on any atom is -0.383 e. The van der Waals surface area contributed by atoms with Gasteiger partial charge in [-0.3, -0.25) is 4.90 Å². The molecule has 0 radical (unpaired) electrons. The van der Waals surface area contributed by atoms with Gasteiger partial charge < -0.3 is 11.5 Å². The normalized spacial score (nSPS) is 21.5. The zero-order valence-corrected chi connectivity index (χ0v) is 12.5. The first kappa shape index (κ1) is 14.2. The molecule has 1 aliphatic heterocycles. The first-order valence-corrected chi connectivity index (χ1v) is 7.66. The van der Waals surface area contributed by atoms with Gasteiger partial charge in [0, 0.05) is 17.5 Å². The summed E-state index contributed by atoms with van der Waals surface area (Å²) in [5, 5.41) is 0.920. The Bertz CT molecular complexity index is 625. The Morgan fingerprint density at radius 3 is 2.90 bits per heavy atom. The molecule has 1 saturated heterocycles. The quantitative estimate of drug-likeness (QED) is 0.900. The van der Waals surface area contributed by atoms with E-state index in [1.54, 1.807) is 0 Å². The lowest BCUT2D eigenvalue weighted by molar-refractivity contribution is 0.120. The summed E-state index contributed by atoms with van der Waals surface area (Å²) in [4.78, 5) is 11.5. The standard InChI is InChI=1S/C16H23N5/c1-11(17)14-8-4-5-9-21(14)10-15-19-13-7-3-2-6-12(13)16(18)20-15/h2-3,6-7,11,14H,4-5,8-10,17H2,1H3,(H2,18,19,20). The van der Waals surface area contributed by atoms with Crippen LogP contribution in [-0.4, -0.2) is 33.5 Å². The van der Waals surface area contributed by atoms with Crippen LogP contribution in [0.25, 0.3) is 10.9 Å². The van der Waals surface area contributed by atoms with Crippen LogP contribution in [0.5, 0.6) is 0 Å². The Morgan fingerprint density at radius 1 is 1.29 bits per heavy atom. The van der Waals surface area contributed by atoms with E-state index in [9.17, 15) is 0 Å². The van der Waals surface area contributed by atoms with Crippen LogP contribution in [0.1, 0.15) is 32.0 Å². The molecule has 1 fully saturated rings. The lowest BCUT2D eigenvalue weighted by Gasteiger charge is -2.37. The van der Waals surface area contributed by atoms with Crippen molar-refractivity contribution >= 4 is 16.7 Å². The number of piperidine rings is 1. The third-order valence-corrected chi connectivity index (χ3v) is 4.29. The van der Waals surface area contributed by atoms with Gasteiger partial charge in [0.25, 0.3) is 0 Å². The van der Waals surface area contributed by atoms with Crippen molar-refractivity contribution in [3.05, 3.63) is 30.1 Å². The van der Waals surface area contributed by atoms with Crippen molar-refractivity contribution in [2.75, 3.05) is 12.3 Å². The van der Waals surface area contributed by atoms with Crippen LogP contribution in [0.3, 0.4) is 0 Å². The Balaban J connectivity index is 1.86. The van der Waals surface area contributed by atoms with Crippen LogP contribution in [0.4, 0.5) is 5.82 Å². The number of nitrogen functional groups attached to an aromatic ring is 1. The molecule has 112 valence electrons. The van der Waals surface area contributed by atoms with Crippen LogP contribution in [0.15, 0.2) is 24.3 Å². The van der Waals surface area contributed by atoms with Crippen LogP contribution in [0, 0.1) is 0 Å². The molecule has 2 aromatic rings. The molecule has 0 amide bonds. The number of aromatic nitrogens is 2. The maximum absolute atomic E-state index is 6.12. The highest BCUT2D eigenvalue weighted by atomic mass is 15.2. The summed E-state index contributed by atoms with van der Waals surface area (Å²) in [5.41, 5.74) is 13.1. The molecule has 4 N–H and O–H groups in total. The Kier molecular flexibility index (Phi) is 4.03. The van der Waals surface area contributed by atoms with E-state index in [4.69, 9.17) is 11.5 Å². The number of likely N-dealkylation sites (tertiary alicyclic amines) is 1. The molecule has 3 rings (SSSR count). The first-order valence-electron chi connectivity index (χ1n) is 7.66. The second kappa shape index (κ2) is 5.95. The predicted molar refractivity (Wildman–Crippen MR) is 85.6 cm³/mol. The number of anilines is 1. The molecular formula is C16H23N5. The third kappa shape index (κ3) is 2.99. The molecule has 2 heterocycles. The highest BCUT2D eigenvalue weighted by molar-refractivity contribution is 5.87. The maximum atomic E-state index is 6.12. The SMILES string of the molecule is CC(N)C1CCCCN1Cc1nc(N)c2ccccc2n1. The van der Waals surface area contributed by atoms with Crippen molar-refractivity contribution in [3.8, 4) is 0 Å². The van der Waals surface area contributed by atoms with Gasteiger partial charge in [0.2, 0.25) is 0 Å². The number of benzene rings is 1. The summed E-state index contributed by atoms with van der Waals surface area (Å²) >= 11 is 0. The minimum atomic E-state index is 0.170. The van der Waals surface area contributed by atoms with Gasteiger partial charge in [0.15, 0.2) is 0 Å². The highest BCUT2D eigenvalue weighted by Crippen LogP contribution is 2.22. The molecule has 1 aromatic carbocycles. The smallest absolute Gasteiger partial charge is 0.145 e. The zero-order chi connectivity index (χ0) is 14.8. The van der Waals surface area contributed by atoms with Gasteiger partial charge in [0.05, 0.1) is 12.1 Å². The van der Waals surface area contributed by atoms with E-state index in [1.165, 1.54) is 12.8 Å². The van der Waals surface area contributed by atoms with Crippen LogP contribution in [-0.2, 0) is 6.54 Å². The summed E-state index contributed by atoms with van der Waals surface area (Å²) in [5.74, 6) is 1.35. The molecule has 2 atom stereocenters. The second-order valence-corrected chi connectivity index (χ2v) is 5.93. The Labute approximate surface area is 125 Å². The third-order valence-electron chi connectivity index (χ3n) is 4.29. The number of para-hydroxylation sites is 1. The van der Waals surface area contributed by atoms with Gasteiger partial charge in [0.1, 0.15) is 11.6 Å². The number of hydrogen-bond donors (Lipinski definition) is 2. The first-order chi connectivity index (χ1) is 10.1. The predicted octanol–water partition coefficient (Wildman–Crippen LogP) is 1.91. The van der Waals surface area contributed by atoms with E-state index in [0.29, 0.717) is 11.9 Å². The lowest BCUT2D eigenvalue weighted by Crippen LogP contribution is -2.48. The van der Waals surface area contributed by atoms with Crippen molar-refractivity contribution in [1.29, 1.82) is 0 Å². The number of nitrogens with zero attached hydrogens (tertiary/aromatic N) is 3. The molecule has 0 saturated carbocycles. The van der Waals surface area contributed by atoms with Crippen LogP contribution in [0.2, 0.25) is 0 Å². The van der Waals surface area contributed by atoms with E-state index in [-0.39, 0.29) is 6.04 Å². The topological polar surface area (TPSA) is 81.1 Å². The van der Waals surface area contributed by atoms with E-state index < -0.39 is 0 Å². The van der Waals surface area contributed by atoms with Crippen LogP contribution >= 0.6 is 0 Å². The molecule has 5 heteroatoms. The summed E-state index contributed by atoms with van der Waals surface area (Å²) < 4.78 is 0. The van der Waals surface area contributed by atoms with Crippen molar-refractivity contribution in [1.82, 2.24) is 14.9 Å². The monoisotopic (exact) mass is 285 g/mol. The number of rotatable bonds is 3. The molecule has 1 aromatic heterocycles. The Hall–Kier alpha value is -1.72. The molecule has 0 aliphatic carbocycles. The molecule has 0 bridgehead atoms. The second-order valence-electron chi connectivity index (χ2n) is 5.93. The molecule has 2 unspecified atom stereocenters. The fourth-order valence-corrected chi connectivity index (χ4v) is 3.21. The van der Waals surface area contributed by atoms with Gasteiger partial charge in [-0.25, -0.2) is 9.97 Å². The number of hydrogen-bond acceptors (Lipinski definition) is 5. The van der Waals surface area contributed by atoms with Crippen molar-refractivity contribution < 1.29 is 0 Å². The van der Waals surface area contributed by atoms with Crippen LogP contribution < -0.4 is 11.5 Å². The fraction of sp³-hybridized carbons (Fsp3) is 0.500. The van der Waals surface area contributed by atoms with E-state index in [0.717, 1.165) is 36.2 Å². The van der Waals surface area contributed by atoms with E-state index in [2.05, 4.69) is 21.8 Å². The van der Waals surface area contributed by atoms with Gasteiger partial charge >= 0.3 is 0 Å². The van der Waals surface area contributed by atoms with Gasteiger partial charge in [-0.15, -0.1) is 0 Å². The summed E-state index contributed by atoms with van der Waals surface area (Å²) in [6.07, 6.45) is 3.62. The zero-order valence-electron chi connectivity index (χ0n) is 12.5. The van der Waals surface area contributed by atoms with Crippen molar-refractivity contribution in [3.63, 3.8) is 0 Å². The average Bonchev–Trinajstić information content (AvgIpc) is 2.47. The van der Waals surface area contributed by atoms with Gasteiger partial charge in [-0.05, 0) is 38.4 Å². The van der Waals surface area contributed by atoms with E-state index in [1.807, 2.05) is 24.3 Å². The molecule has 0 spiro atoms. The Morgan fingerprint density at radius 2 is 2.10 bits per heavy atom. The molecular weight excluding hydrogens is 262 g/mol. The summed E-state index contributed by atoms with van der Waals surface area (Å²) in [7, 11) is 0. The lowest BCUT2D eigenvalue weighted by atomic mass is 9.97. The highest BCUT2D eigenvalue weighted by Gasteiger charge is 2.26. The molecule has 1 aliphatic rings. The minimum absolute atomic E-state index is 0.170. The van der Waals surface area contributed by atoms with Crippen molar-refractivity contribution in [2.45, 2.75) is 44.8 Å².